The molecule has 0 aliphatic heterocycles. The van der Waals surface area contributed by atoms with E-state index in [0.29, 0.717) is 24.0 Å². The summed E-state index contributed by atoms with van der Waals surface area (Å²) in [6, 6.07) is 0.370. The molecule has 0 spiro atoms. The molecular weight excluding hydrogens is 250 g/mol. The van der Waals surface area contributed by atoms with Gasteiger partial charge in [0.25, 0.3) is 0 Å². The fourth-order valence-corrected chi connectivity index (χ4v) is 3.04. The van der Waals surface area contributed by atoms with E-state index in [1.54, 1.807) is 6.92 Å². The maximum atomic E-state index is 11.6. The van der Waals surface area contributed by atoms with E-state index in [1.807, 2.05) is 0 Å². The third-order valence-electron chi connectivity index (χ3n) is 3.23. The second-order valence-electron chi connectivity index (χ2n) is 4.97. The summed E-state index contributed by atoms with van der Waals surface area (Å²) < 4.78 is 0. The highest BCUT2D eigenvalue weighted by Gasteiger charge is 2.15. The summed E-state index contributed by atoms with van der Waals surface area (Å²) in [4.78, 5) is 22.2. The van der Waals surface area contributed by atoms with Crippen LogP contribution in [0.5, 0.6) is 0 Å². The molecule has 18 heavy (non-hydrogen) atoms. The van der Waals surface area contributed by atoms with Crippen LogP contribution >= 0.6 is 11.8 Å². The number of thioether (sulfide) groups is 1. The van der Waals surface area contributed by atoms with E-state index < -0.39 is 5.97 Å². The molecule has 0 aromatic rings. The Morgan fingerprint density at radius 1 is 1.33 bits per heavy atom. The Labute approximate surface area is 113 Å². The van der Waals surface area contributed by atoms with Crippen LogP contribution in [0.3, 0.4) is 0 Å². The molecule has 1 saturated carbocycles. The fourth-order valence-electron chi connectivity index (χ4n) is 2.04. The highest BCUT2D eigenvalue weighted by molar-refractivity contribution is 7.99. The Morgan fingerprint density at radius 2 is 2.00 bits per heavy atom. The van der Waals surface area contributed by atoms with Gasteiger partial charge in [-0.25, -0.2) is 0 Å². The Kier molecular flexibility index (Phi) is 7.16. The minimum atomic E-state index is -0.769. The molecule has 1 fully saturated rings. The predicted octanol–water partition coefficient (Wildman–Crippen LogP) is 2.28. The van der Waals surface area contributed by atoms with E-state index in [0.717, 1.165) is 12.8 Å². The van der Waals surface area contributed by atoms with E-state index >= 15 is 0 Å². The van der Waals surface area contributed by atoms with Gasteiger partial charge in [0.05, 0.1) is 5.92 Å². The van der Waals surface area contributed by atoms with Gasteiger partial charge in [0.15, 0.2) is 0 Å². The monoisotopic (exact) mass is 273 g/mol. The maximum Gasteiger partial charge on any atom is 0.307 e. The fraction of sp³-hybridized carbons (Fsp3) is 0.846. The van der Waals surface area contributed by atoms with Crippen molar-refractivity contribution in [1.82, 2.24) is 5.32 Å². The molecule has 4 nitrogen and oxygen atoms in total. The Hall–Kier alpha value is -0.710. The molecule has 0 saturated heterocycles. The van der Waals surface area contributed by atoms with Crippen molar-refractivity contribution in [2.24, 2.45) is 5.92 Å². The zero-order valence-corrected chi connectivity index (χ0v) is 11.8. The lowest BCUT2D eigenvalue weighted by molar-refractivity contribution is -0.140. The van der Waals surface area contributed by atoms with E-state index in [-0.39, 0.29) is 11.8 Å². The first-order valence-corrected chi connectivity index (χ1v) is 7.85. The number of aliphatic carboxylic acids is 1. The lowest BCUT2D eigenvalue weighted by atomic mass is 9.95. The number of carbonyl (C=O) groups is 2. The van der Waals surface area contributed by atoms with Gasteiger partial charge in [-0.2, -0.15) is 11.8 Å². The van der Waals surface area contributed by atoms with Gasteiger partial charge in [-0.3, -0.25) is 9.59 Å². The van der Waals surface area contributed by atoms with Gasteiger partial charge in [-0.1, -0.05) is 26.2 Å². The van der Waals surface area contributed by atoms with E-state index in [4.69, 9.17) is 5.11 Å². The van der Waals surface area contributed by atoms with Crippen molar-refractivity contribution in [2.45, 2.75) is 51.5 Å². The summed E-state index contributed by atoms with van der Waals surface area (Å²) in [5.74, 6) is 0.283. The number of rotatable bonds is 7. The molecule has 1 aliphatic rings. The molecule has 0 aromatic carbocycles. The quantitative estimate of drug-likeness (QED) is 0.698. The third-order valence-corrected chi connectivity index (χ3v) is 4.46. The first-order chi connectivity index (χ1) is 8.59. The van der Waals surface area contributed by atoms with Gasteiger partial charge >= 0.3 is 5.97 Å². The zero-order chi connectivity index (χ0) is 13.4. The van der Waals surface area contributed by atoms with Crippen molar-refractivity contribution in [1.29, 1.82) is 0 Å². The standard InChI is InChI=1S/C13H23NO3S/c1-10(13(16)17)9-18-8-7-12(15)14-11-5-3-2-4-6-11/h10-11H,2-9H2,1H3,(H,14,15)(H,16,17). The topological polar surface area (TPSA) is 66.4 Å². The molecule has 0 radical (unpaired) electrons. The third kappa shape index (κ3) is 6.28. The summed E-state index contributed by atoms with van der Waals surface area (Å²) in [7, 11) is 0. The van der Waals surface area contributed by atoms with Crippen LogP contribution in [0.25, 0.3) is 0 Å². The summed E-state index contributed by atoms with van der Waals surface area (Å²) in [5, 5.41) is 11.8. The molecule has 1 unspecified atom stereocenters. The minimum absolute atomic E-state index is 0.109. The van der Waals surface area contributed by atoms with Crippen molar-refractivity contribution in [3.63, 3.8) is 0 Å². The Morgan fingerprint density at radius 3 is 2.61 bits per heavy atom. The van der Waals surface area contributed by atoms with Crippen molar-refractivity contribution in [3.05, 3.63) is 0 Å². The van der Waals surface area contributed by atoms with Crippen LogP contribution in [0.15, 0.2) is 0 Å². The maximum absolute atomic E-state index is 11.6. The van der Waals surface area contributed by atoms with Gasteiger partial charge < -0.3 is 10.4 Å². The molecule has 1 rings (SSSR count). The van der Waals surface area contributed by atoms with Crippen molar-refractivity contribution >= 4 is 23.6 Å². The summed E-state index contributed by atoms with van der Waals surface area (Å²) >= 11 is 1.54. The summed E-state index contributed by atoms with van der Waals surface area (Å²) in [6.07, 6.45) is 6.43. The smallest absolute Gasteiger partial charge is 0.307 e. The van der Waals surface area contributed by atoms with Crippen LogP contribution < -0.4 is 5.32 Å². The molecule has 0 aromatic heterocycles. The van der Waals surface area contributed by atoms with Crippen LogP contribution in [0, 0.1) is 5.92 Å². The van der Waals surface area contributed by atoms with E-state index in [2.05, 4.69) is 5.32 Å². The molecular formula is C13H23NO3S. The van der Waals surface area contributed by atoms with Crippen LogP contribution in [-0.4, -0.2) is 34.5 Å². The number of hydrogen-bond donors (Lipinski definition) is 2. The number of carboxylic acid groups (broad SMARTS) is 1. The Bertz CT molecular complexity index is 277. The zero-order valence-electron chi connectivity index (χ0n) is 11.0. The van der Waals surface area contributed by atoms with Crippen molar-refractivity contribution in [2.75, 3.05) is 11.5 Å². The SMILES string of the molecule is CC(CSCCC(=O)NC1CCCCC1)C(=O)O. The normalized spacial score (nSPS) is 18.3. The predicted molar refractivity (Wildman–Crippen MR) is 73.8 cm³/mol. The van der Waals surface area contributed by atoms with E-state index in [1.165, 1.54) is 31.0 Å². The largest absolute Gasteiger partial charge is 0.481 e. The van der Waals surface area contributed by atoms with Crippen LogP contribution in [-0.2, 0) is 9.59 Å². The summed E-state index contributed by atoms with van der Waals surface area (Å²) in [6.45, 7) is 1.69. The van der Waals surface area contributed by atoms with Gasteiger partial charge in [0, 0.05) is 24.0 Å². The molecule has 0 bridgehead atoms. The second kappa shape index (κ2) is 8.40. The molecule has 2 N–H and O–H groups in total. The van der Waals surface area contributed by atoms with Gasteiger partial charge in [-0.15, -0.1) is 0 Å². The number of carbonyl (C=O) groups excluding carboxylic acids is 1. The van der Waals surface area contributed by atoms with Gasteiger partial charge in [0.2, 0.25) is 5.91 Å². The number of hydrogen-bond acceptors (Lipinski definition) is 3. The molecule has 1 aliphatic carbocycles. The van der Waals surface area contributed by atoms with Gasteiger partial charge in [-0.05, 0) is 12.8 Å². The second-order valence-corrected chi connectivity index (χ2v) is 6.12. The van der Waals surface area contributed by atoms with Crippen LogP contribution in [0.4, 0.5) is 0 Å². The van der Waals surface area contributed by atoms with Crippen molar-refractivity contribution < 1.29 is 14.7 Å². The molecule has 1 amide bonds. The highest BCUT2D eigenvalue weighted by Crippen LogP contribution is 2.17. The lowest BCUT2D eigenvalue weighted by Gasteiger charge is -2.22. The van der Waals surface area contributed by atoms with Crippen LogP contribution in [0.2, 0.25) is 0 Å². The first kappa shape index (κ1) is 15.3. The average molecular weight is 273 g/mol. The first-order valence-electron chi connectivity index (χ1n) is 6.69. The number of nitrogens with one attached hydrogen (secondary N) is 1. The summed E-state index contributed by atoms with van der Waals surface area (Å²) in [5.41, 5.74) is 0. The molecule has 0 heterocycles. The van der Waals surface area contributed by atoms with Crippen LogP contribution in [0.1, 0.15) is 45.4 Å². The van der Waals surface area contributed by atoms with Crippen molar-refractivity contribution in [3.8, 4) is 0 Å². The Balaban J connectivity index is 2.04. The molecule has 104 valence electrons. The lowest BCUT2D eigenvalue weighted by Crippen LogP contribution is -2.36. The highest BCUT2D eigenvalue weighted by atomic mass is 32.2. The average Bonchev–Trinajstić information content (AvgIpc) is 2.35. The minimum Gasteiger partial charge on any atom is -0.481 e. The van der Waals surface area contributed by atoms with Gasteiger partial charge in [0.1, 0.15) is 0 Å². The number of carboxylic acids is 1. The molecule has 1 atom stereocenters. The number of amides is 1. The molecule has 5 heteroatoms. The van der Waals surface area contributed by atoms with E-state index in [9.17, 15) is 9.59 Å².